The highest BCUT2D eigenvalue weighted by Crippen LogP contribution is 2.19. The van der Waals surface area contributed by atoms with Crippen molar-refractivity contribution in [3.63, 3.8) is 0 Å². The van der Waals surface area contributed by atoms with Crippen molar-refractivity contribution in [3.8, 4) is 0 Å². The average molecular weight is 267 g/mol. The highest BCUT2D eigenvalue weighted by molar-refractivity contribution is 6.30. The van der Waals surface area contributed by atoms with E-state index in [-0.39, 0.29) is 16.9 Å². The number of halogens is 2. The number of nitrogens with two attached hydrogens (primary N) is 1. The molecule has 0 aliphatic heterocycles. The Kier molecular flexibility index (Phi) is 4.04. The van der Waals surface area contributed by atoms with E-state index < -0.39 is 0 Å². The smallest absolute Gasteiger partial charge is 0.146 e. The Morgan fingerprint density at radius 1 is 1.33 bits per heavy atom. The summed E-state index contributed by atoms with van der Waals surface area (Å²) in [6.07, 6.45) is 2.70. The van der Waals surface area contributed by atoms with Gasteiger partial charge in [0.15, 0.2) is 0 Å². The third-order valence-electron chi connectivity index (χ3n) is 2.83. The van der Waals surface area contributed by atoms with Crippen molar-refractivity contribution in [2.24, 2.45) is 5.73 Å². The second-order valence-corrected chi connectivity index (χ2v) is 4.93. The van der Waals surface area contributed by atoms with Crippen LogP contribution in [0.5, 0.6) is 0 Å². The Morgan fingerprint density at radius 2 is 2.11 bits per heavy atom. The molecule has 2 aromatic rings. The Labute approximate surface area is 111 Å². The van der Waals surface area contributed by atoms with Gasteiger partial charge in [0.1, 0.15) is 5.82 Å². The van der Waals surface area contributed by atoms with E-state index in [1.807, 2.05) is 29.8 Å². The molecule has 0 saturated heterocycles. The van der Waals surface area contributed by atoms with Crippen molar-refractivity contribution in [1.29, 1.82) is 0 Å². The van der Waals surface area contributed by atoms with Gasteiger partial charge in [-0.05, 0) is 25.1 Å². The van der Waals surface area contributed by atoms with Crippen LogP contribution in [0.15, 0.2) is 36.5 Å². The fourth-order valence-electron chi connectivity index (χ4n) is 1.97. The predicted octanol–water partition coefficient (Wildman–Crippen LogP) is 3.22. The fourth-order valence-corrected chi connectivity index (χ4v) is 2.17. The molecule has 1 unspecified atom stereocenters. The molecule has 18 heavy (non-hydrogen) atoms. The normalized spacial score (nSPS) is 12.7. The molecule has 0 aliphatic carbocycles. The standard InChI is InChI=1S/C14H16ClFN2/c1-10(17)8-12-5-3-7-18(12)9-11-4-2-6-13(15)14(11)16/h2-7,10H,8-9,17H2,1H3. The first kappa shape index (κ1) is 13.1. The summed E-state index contributed by atoms with van der Waals surface area (Å²) >= 11 is 5.77. The Balaban J connectivity index is 2.24. The average Bonchev–Trinajstić information content (AvgIpc) is 2.72. The fraction of sp³-hybridized carbons (Fsp3) is 0.286. The molecule has 1 heterocycles. The minimum atomic E-state index is -0.348. The molecule has 1 atom stereocenters. The van der Waals surface area contributed by atoms with Crippen LogP contribution in [0.25, 0.3) is 0 Å². The van der Waals surface area contributed by atoms with Gasteiger partial charge in [-0.25, -0.2) is 4.39 Å². The largest absolute Gasteiger partial charge is 0.347 e. The molecule has 0 fully saturated rings. The van der Waals surface area contributed by atoms with Crippen LogP contribution in [0.4, 0.5) is 4.39 Å². The molecule has 0 aliphatic rings. The number of hydrogen-bond donors (Lipinski definition) is 1. The van der Waals surface area contributed by atoms with Crippen molar-refractivity contribution >= 4 is 11.6 Å². The van der Waals surface area contributed by atoms with E-state index in [1.165, 1.54) is 0 Å². The van der Waals surface area contributed by atoms with Crippen molar-refractivity contribution in [1.82, 2.24) is 4.57 Å². The van der Waals surface area contributed by atoms with E-state index in [0.29, 0.717) is 12.1 Å². The summed E-state index contributed by atoms with van der Waals surface area (Å²) in [5.74, 6) is -0.348. The van der Waals surface area contributed by atoms with Crippen molar-refractivity contribution in [2.75, 3.05) is 0 Å². The molecule has 0 radical (unpaired) electrons. The van der Waals surface area contributed by atoms with Gasteiger partial charge in [0.2, 0.25) is 0 Å². The molecule has 1 aromatic carbocycles. The van der Waals surface area contributed by atoms with Crippen LogP contribution in [-0.2, 0) is 13.0 Å². The lowest BCUT2D eigenvalue weighted by atomic mass is 10.1. The minimum absolute atomic E-state index is 0.0860. The molecular formula is C14H16ClFN2. The van der Waals surface area contributed by atoms with Crippen LogP contribution < -0.4 is 5.73 Å². The van der Waals surface area contributed by atoms with Gasteiger partial charge in [-0.2, -0.15) is 0 Å². The number of nitrogens with zero attached hydrogens (tertiary/aromatic N) is 1. The van der Waals surface area contributed by atoms with E-state index in [9.17, 15) is 4.39 Å². The second kappa shape index (κ2) is 5.55. The topological polar surface area (TPSA) is 30.9 Å². The van der Waals surface area contributed by atoms with Gasteiger partial charge in [0.05, 0.1) is 11.6 Å². The zero-order chi connectivity index (χ0) is 13.1. The summed E-state index contributed by atoms with van der Waals surface area (Å²) in [7, 11) is 0. The molecular weight excluding hydrogens is 251 g/mol. The first-order valence-corrected chi connectivity index (χ1v) is 6.28. The van der Waals surface area contributed by atoms with E-state index in [1.54, 1.807) is 18.2 Å². The Morgan fingerprint density at radius 3 is 2.83 bits per heavy atom. The summed E-state index contributed by atoms with van der Waals surface area (Å²) in [6, 6.07) is 9.10. The van der Waals surface area contributed by atoms with Crippen LogP contribution in [0.3, 0.4) is 0 Å². The zero-order valence-electron chi connectivity index (χ0n) is 10.2. The Bertz CT molecular complexity index is 534. The van der Waals surface area contributed by atoms with E-state index >= 15 is 0 Å². The van der Waals surface area contributed by atoms with Crippen LogP contribution in [0, 0.1) is 5.82 Å². The zero-order valence-corrected chi connectivity index (χ0v) is 11.0. The van der Waals surface area contributed by atoms with Crippen LogP contribution >= 0.6 is 11.6 Å². The first-order chi connectivity index (χ1) is 8.58. The summed E-state index contributed by atoms with van der Waals surface area (Å²) in [4.78, 5) is 0. The lowest BCUT2D eigenvalue weighted by Crippen LogP contribution is -2.20. The summed E-state index contributed by atoms with van der Waals surface area (Å²) in [5.41, 5.74) is 7.48. The third kappa shape index (κ3) is 2.92. The summed E-state index contributed by atoms with van der Waals surface area (Å²) in [5, 5.41) is 0.161. The van der Waals surface area contributed by atoms with Crippen LogP contribution in [0.2, 0.25) is 5.02 Å². The molecule has 2 nitrogen and oxygen atoms in total. The number of rotatable bonds is 4. The van der Waals surface area contributed by atoms with Gasteiger partial charge in [0.25, 0.3) is 0 Å². The lowest BCUT2D eigenvalue weighted by Gasteiger charge is -2.12. The maximum atomic E-state index is 13.8. The monoisotopic (exact) mass is 266 g/mol. The molecule has 2 rings (SSSR count). The van der Waals surface area contributed by atoms with Crippen molar-refractivity contribution < 1.29 is 4.39 Å². The van der Waals surface area contributed by atoms with Gasteiger partial charge in [-0.3, -0.25) is 0 Å². The van der Waals surface area contributed by atoms with E-state index in [0.717, 1.165) is 12.1 Å². The Hall–Kier alpha value is -1.32. The lowest BCUT2D eigenvalue weighted by molar-refractivity contribution is 0.592. The summed E-state index contributed by atoms with van der Waals surface area (Å²) in [6.45, 7) is 2.43. The SMILES string of the molecule is CC(N)Cc1cccn1Cc1cccc(Cl)c1F. The minimum Gasteiger partial charge on any atom is -0.347 e. The van der Waals surface area contributed by atoms with Gasteiger partial charge in [0, 0.05) is 29.9 Å². The number of aromatic nitrogens is 1. The van der Waals surface area contributed by atoms with Crippen LogP contribution in [0.1, 0.15) is 18.2 Å². The molecule has 1 aromatic heterocycles. The van der Waals surface area contributed by atoms with E-state index in [2.05, 4.69) is 0 Å². The molecule has 96 valence electrons. The maximum Gasteiger partial charge on any atom is 0.146 e. The first-order valence-electron chi connectivity index (χ1n) is 5.90. The molecule has 0 saturated carbocycles. The third-order valence-corrected chi connectivity index (χ3v) is 3.12. The number of benzene rings is 1. The second-order valence-electron chi connectivity index (χ2n) is 4.52. The quantitative estimate of drug-likeness (QED) is 0.905. The highest BCUT2D eigenvalue weighted by atomic mass is 35.5. The van der Waals surface area contributed by atoms with Gasteiger partial charge < -0.3 is 10.3 Å². The summed E-state index contributed by atoms with van der Waals surface area (Å²) < 4.78 is 15.8. The maximum absolute atomic E-state index is 13.8. The molecule has 2 N–H and O–H groups in total. The molecule has 4 heteroatoms. The number of hydrogen-bond acceptors (Lipinski definition) is 1. The molecule has 0 amide bonds. The predicted molar refractivity (Wildman–Crippen MR) is 72.3 cm³/mol. The van der Waals surface area contributed by atoms with Crippen molar-refractivity contribution in [3.05, 3.63) is 58.6 Å². The van der Waals surface area contributed by atoms with Gasteiger partial charge in [-0.1, -0.05) is 23.7 Å². The molecule has 0 spiro atoms. The van der Waals surface area contributed by atoms with Crippen LogP contribution in [-0.4, -0.2) is 10.6 Å². The van der Waals surface area contributed by atoms with Gasteiger partial charge in [-0.15, -0.1) is 0 Å². The molecule has 0 bridgehead atoms. The van der Waals surface area contributed by atoms with E-state index in [4.69, 9.17) is 17.3 Å². The van der Waals surface area contributed by atoms with Crippen molar-refractivity contribution in [2.45, 2.75) is 25.9 Å². The highest BCUT2D eigenvalue weighted by Gasteiger charge is 2.09. The van der Waals surface area contributed by atoms with Gasteiger partial charge >= 0.3 is 0 Å².